The van der Waals surface area contributed by atoms with Crippen molar-refractivity contribution < 1.29 is 5.11 Å². The highest BCUT2D eigenvalue weighted by Gasteiger charge is 2.18. The fourth-order valence-corrected chi connectivity index (χ4v) is 2.07. The van der Waals surface area contributed by atoms with E-state index in [1.54, 1.807) is 9.36 Å². The molecule has 90 valence electrons. The van der Waals surface area contributed by atoms with Crippen molar-refractivity contribution >= 4 is 0 Å². The van der Waals surface area contributed by atoms with Crippen LogP contribution in [0.4, 0.5) is 0 Å². The van der Waals surface area contributed by atoms with Crippen molar-refractivity contribution in [1.29, 1.82) is 0 Å². The zero-order valence-corrected chi connectivity index (χ0v) is 10.1. The van der Waals surface area contributed by atoms with Crippen molar-refractivity contribution in [2.24, 2.45) is 0 Å². The molecular weight excluding hydrogens is 216 g/mol. The van der Waals surface area contributed by atoms with Crippen LogP contribution < -0.4 is 5.56 Å². The molecule has 0 bridgehead atoms. The highest BCUT2D eigenvalue weighted by atomic mass is 16.3. The molecule has 0 amide bonds. The van der Waals surface area contributed by atoms with Gasteiger partial charge in [-0.15, -0.1) is 0 Å². The summed E-state index contributed by atoms with van der Waals surface area (Å²) in [5.74, 6) is 0.0468. The number of rotatable bonds is 3. The molecule has 0 saturated heterocycles. The standard InChI is InChI=1S/C13H16N2O2/c1-3-14-12(16)11(13(17)15(14)4-2)10-8-6-5-7-9-10/h5-9,16H,3-4H2,1-2H3. The summed E-state index contributed by atoms with van der Waals surface area (Å²) in [4.78, 5) is 12.2. The van der Waals surface area contributed by atoms with Gasteiger partial charge >= 0.3 is 0 Å². The van der Waals surface area contributed by atoms with Gasteiger partial charge < -0.3 is 5.11 Å². The number of aromatic nitrogens is 2. The molecule has 4 nitrogen and oxygen atoms in total. The molecule has 1 N–H and O–H groups in total. The fraction of sp³-hybridized carbons (Fsp3) is 0.308. The number of nitrogens with zero attached hydrogens (tertiary/aromatic N) is 2. The summed E-state index contributed by atoms with van der Waals surface area (Å²) in [6.45, 7) is 4.91. The van der Waals surface area contributed by atoms with Gasteiger partial charge in [0.25, 0.3) is 5.56 Å². The summed E-state index contributed by atoms with van der Waals surface area (Å²) in [5.41, 5.74) is 0.997. The van der Waals surface area contributed by atoms with E-state index in [9.17, 15) is 9.90 Å². The van der Waals surface area contributed by atoms with Crippen LogP contribution >= 0.6 is 0 Å². The van der Waals surface area contributed by atoms with Gasteiger partial charge in [0, 0.05) is 13.1 Å². The number of aromatic hydroxyl groups is 1. The lowest BCUT2D eigenvalue weighted by atomic mass is 10.1. The quantitative estimate of drug-likeness (QED) is 0.880. The Kier molecular flexibility index (Phi) is 3.04. The maximum Gasteiger partial charge on any atom is 0.278 e. The van der Waals surface area contributed by atoms with Crippen molar-refractivity contribution in [2.45, 2.75) is 26.9 Å². The van der Waals surface area contributed by atoms with E-state index in [-0.39, 0.29) is 11.4 Å². The van der Waals surface area contributed by atoms with E-state index in [1.165, 1.54) is 0 Å². The summed E-state index contributed by atoms with van der Waals surface area (Å²) < 4.78 is 3.16. The largest absolute Gasteiger partial charge is 0.493 e. The van der Waals surface area contributed by atoms with Gasteiger partial charge in [-0.1, -0.05) is 30.3 Å². The molecular formula is C13H16N2O2. The van der Waals surface area contributed by atoms with Crippen LogP contribution in [0.5, 0.6) is 5.88 Å². The monoisotopic (exact) mass is 232 g/mol. The lowest BCUT2D eigenvalue weighted by Crippen LogP contribution is -2.22. The van der Waals surface area contributed by atoms with Gasteiger partial charge in [0.1, 0.15) is 5.56 Å². The van der Waals surface area contributed by atoms with Crippen LogP contribution in [0.1, 0.15) is 13.8 Å². The van der Waals surface area contributed by atoms with Crippen LogP contribution in [0.2, 0.25) is 0 Å². The van der Waals surface area contributed by atoms with Crippen molar-refractivity contribution in [1.82, 2.24) is 9.36 Å². The first-order valence-electron chi connectivity index (χ1n) is 5.78. The van der Waals surface area contributed by atoms with E-state index in [2.05, 4.69) is 0 Å². The molecule has 4 heteroatoms. The van der Waals surface area contributed by atoms with Crippen molar-refractivity contribution in [3.8, 4) is 17.0 Å². The second-order valence-electron chi connectivity index (χ2n) is 3.80. The van der Waals surface area contributed by atoms with Crippen LogP contribution in [-0.2, 0) is 13.1 Å². The first-order valence-corrected chi connectivity index (χ1v) is 5.78. The van der Waals surface area contributed by atoms with Gasteiger partial charge in [-0.3, -0.25) is 9.48 Å². The molecule has 1 aromatic carbocycles. The molecule has 0 atom stereocenters. The zero-order chi connectivity index (χ0) is 12.4. The average molecular weight is 232 g/mol. The van der Waals surface area contributed by atoms with Crippen molar-refractivity contribution in [2.75, 3.05) is 0 Å². The van der Waals surface area contributed by atoms with Crippen LogP contribution in [0.3, 0.4) is 0 Å². The minimum Gasteiger partial charge on any atom is -0.493 e. The Hall–Kier alpha value is -1.97. The van der Waals surface area contributed by atoms with Gasteiger partial charge in [-0.25, -0.2) is 4.68 Å². The third-order valence-corrected chi connectivity index (χ3v) is 2.87. The smallest absolute Gasteiger partial charge is 0.278 e. The molecule has 1 heterocycles. The zero-order valence-electron chi connectivity index (χ0n) is 10.1. The van der Waals surface area contributed by atoms with Crippen LogP contribution in [0, 0.1) is 0 Å². The molecule has 0 saturated carbocycles. The molecule has 2 rings (SSSR count). The summed E-state index contributed by atoms with van der Waals surface area (Å²) in [7, 11) is 0. The average Bonchev–Trinajstić information content (AvgIpc) is 2.60. The maximum atomic E-state index is 12.2. The molecule has 0 unspecified atom stereocenters. The maximum absolute atomic E-state index is 12.2. The van der Waals surface area contributed by atoms with Gasteiger partial charge in [0.2, 0.25) is 5.88 Å². The summed E-state index contributed by atoms with van der Waals surface area (Å²) in [6, 6.07) is 9.25. The molecule has 17 heavy (non-hydrogen) atoms. The third-order valence-electron chi connectivity index (χ3n) is 2.87. The highest BCUT2D eigenvalue weighted by Crippen LogP contribution is 2.26. The summed E-state index contributed by atoms with van der Waals surface area (Å²) >= 11 is 0. The Balaban J connectivity index is 2.72. The van der Waals surface area contributed by atoms with E-state index in [0.29, 0.717) is 18.7 Å². The van der Waals surface area contributed by atoms with Crippen LogP contribution in [0.25, 0.3) is 11.1 Å². The summed E-state index contributed by atoms with van der Waals surface area (Å²) in [6.07, 6.45) is 0. The fourth-order valence-electron chi connectivity index (χ4n) is 2.07. The third kappa shape index (κ3) is 1.75. The number of hydrogen-bond acceptors (Lipinski definition) is 2. The van der Waals surface area contributed by atoms with E-state index >= 15 is 0 Å². The molecule has 0 aliphatic rings. The second kappa shape index (κ2) is 4.49. The minimum atomic E-state index is -0.141. The highest BCUT2D eigenvalue weighted by molar-refractivity contribution is 5.67. The molecule has 0 aliphatic carbocycles. The van der Waals surface area contributed by atoms with E-state index < -0.39 is 0 Å². The molecule has 0 radical (unpaired) electrons. The van der Waals surface area contributed by atoms with Gasteiger partial charge in [-0.2, -0.15) is 0 Å². The Morgan fingerprint density at radius 2 is 1.65 bits per heavy atom. The Bertz CT molecular complexity index is 567. The number of hydrogen-bond donors (Lipinski definition) is 1. The molecule has 0 fully saturated rings. The lowest BCUT2D eigenvalue weighted by molar-refractivity contribution is 0.366. The van der Waals surface area contributed by atoms with E-state index in [4.69, 9.17) is 0 Å². The van der Waals surface area contributed by atoms with Gasteiger partial charge in [-0.05, 0) is 19.4 Å². The molecule has 0 spiro atoms. The normalized spacial score (nSPS) is 10.7. The SMILES string of the molecule is CCn1c(O)c(-c2ccccc2)c(=O)n1CC. The van der Waals surface area contributed by atoms with E-state index in [0.717, 1.165) is 5.56 Å². The Labute approximate surface area is 99.7 Å². The Morgan fingerprint density at radius 3 is 2.12 bits per heavy atom. The topological polar surface area (TPSA) is 47.2 Å². The minimum absolute atomic E-state index is 0.0468. The first kappa shape index (κ1) is 11.5. The molecule has 2 aromatic rings. The first-order chi connectivity index (χ1) is 8.20. The number of benzene rings is 1. The molecule has 0 aliphatic heterocycles. The van der Waals surface area contributed by atoms with Crippen LogP contribution in [0.15, 0.2) is 35.1 Å². The van der Waals surface area contributed by atoms with Gasteiger partial charge in [0.15, 0.2) is 0 Å². The van der Waals surface area contributed by atoms with Crippen molar-refractivity contribution in [3.63, 3.8) is 0 Å². The predicted molar refractivity (Wildman–Crippen MR) is 67.1 cm³/mol. The van der Waals surface area contributed by atoms with Crippen LogP contribution in [-0.4, -0.2) is 14.5 Å². The summed E-state index contributed by atoms with van der Waals surface area (Å²) in [5, 5.41) is 10.1. The Morgan fingerprint density at radius 1 is 1.06 bits per heavy atom. The lowest BCUT2D eigenvalue weighted by Gasteiger charge is -2.06. The predicted octanol–water partition coefficient (Wildman–Crippen LogP) is 2.06. The molecule has 1 aromatic heterocycles. The van der Waals surface area contributed by atoms with E-state index in [1.807, 2.05) is 44.2 Å². The second-order valence-corrected chi connectivity index (χ2v) is 3.80. The van der Waals surface area contributed by atoms with Crippen molar-refractivity contribution in [3.05, 3.63) is 40.7 Å². The van der Waals surface area contributed by atoms with Gasteiger partial charge in [0.05, 0.1) is 0 Å².